The van der Waals surface area contributed by atoms with Crippen LogP contribution in [-0.2, 0) is 12.8 Å². The Morgan fingerprint density at radius 2 is 2.23 bits per heavy atom. The first-order valence-corrected chi connectivity index (χ1v) is 7.79. The number of hydrogen-bond acceptors (Lipinski definition) is 4. The van der Waals surface area contributed by atoms with Crippen LogP contribution in [0.3, 0.4) is 0 Å². The van der Waals surface area contributed by atoms with Gasteiger partial charge in [-0.1, -0.05) is 18.1 Å². The van der Waals surface area contributed by atoms with Gasteiger partial charge in [0.25, 0.3) is 5.91 Å². The molecule has 5 heteroatoms. The van der Waals surface area contributed by atoms with Crippen molar-refractivity contribution >= 4 is 11.8 Å². The lowest BCUT2D eigenvalue weighted by Gasteiger charge is -2.10. The molecule has 5 nitrogen and oxygen atoms in total. The molecule has 3 rings (SSSR count). The molecule has 1 N–H and O–H groups in total. The van der Waals surface area contributed by atoms with Gasteiger partial charge in [0.1, 0.15) is 5.75 Å². The first-order valence-electron chi connectivity index (χ1n) is 7.79. The third kappa shape index (κ3) is 3.13. The Morgan fingerprint density at radius 3 is 3.09 bits per heavy atom. The SMILES string of the molecule is CCCOc1cccc(C(=O)Nc2onc3c2CCCC3)c1. The second kappa shape index (κ2) is 6.64. The average Bonchev–Trinajstić information content (AvgIpc) is 2.96. The molecule has 0 bridgehead atoms. The number of nitrogens with zero attached hydrogens (tertiary/aromatic N) is 1. The van der Waals surface area contributed by atoms with Crippen molar-refractivity contribution in [2.45, 2.75) is 39.0 Å². The summed E-state index contributed by atoms with van der Waals surface area (Å²) in [5, 5.41) is 6.87. The van der Waals surface area contributed by atoms with E-state index in [0.717, 1.165) is 43.4 Å². The van der Waals surface area contributed by atoms with Gasteiger partial charge in [0, 0.05) is 11.1 Å². The standard InChI is InChI=1S/C17H20N2O3/c1-2-10-21-13-7-5-6-12(11-13)16(20)18-17-14-8-3-4-9-15(14)19-22-17/h5-7,11H,2-4,8-10H2,1H3,(H,18,20). The van der Waals surface area contributed by atoms with E-state index >= 15 is 0 Å². The fraction of sp³-hybridized carbons (Fsp3) is 0.412. The maximum Gasteiger partial charge on any atom is 0.258 e. The van der Waals surface area contributed by atoms with Crippen molar-refractivity contribution in [1.29, 1.82) is 0 Å². The number of anilines is 1. The highest BCUT2D eigenvalue weighted by Crippen LogP contribution is 2.28. The van der Waals surface area contributed by atoms with Crippen LogP contribution in [0.15, 0.2) is 28.8 Å². The second-order valence-corrected chi connectivity index (χ2v) is 5.47. The van der Waals surface area contributed by atoms with Crippen LogP contribution in [0.5, 0.6) is 5.75 Å². The molecule has 1 aliphatic carbocycles. The fourth-order valence-corrected chi connectivity index (χ4v) is 2.61. The van der Waals surface area contributed by atoms with E-state index < -0.39 is 0 Å². The van der Waals surface area contributed by atoms with Gasteiger partial charge >= 0.3 is 0 Å². The molecule has 0 saturated carbocycles. The number of rotatable bonds is 5. The van der Waals surface area contributed by atoms with E-state index in [2.05, 4.69) is 10.5 Å². The number of aryl methyl sites for hydroxylation is 1. The van der Waals surface area contributed by atoms with Crippen molar-refractivity contribution in [3.05, 3.63) is 41.1 Å². The molecule has 1 aliphatic rings. The Morgan fingerprint density at radius 1 is 1.36 bits per heavy atom. The minimum absolute atomic E-state index is 0.202. The number of hydrogen-bond donors (Lipinski definition) is 1. The van der Waals surface area contributed by atoms with Gasteiger partial charge in [0.2, 0.25) is 5.88 Å². The molecule has 0 saturated heterocycles. The molecule has 0 radical (unpaired) electrons. The Labute approximate surface area is 129 Å². The fourth-order valence-electron chi connectivity index (χ4n) is 2.61. The van der Waals surface area contributed by atoms with Gasteiger partial charge in [-0.15, -0.1) is 0 Å². The third-order valence-corrected chi connectivity index (χ3v) is 3.76. The first-order chi connectivity index (χ1) is 10.8. The van der Waals surface area contributed by atoms with Crippen molar-refractivity contribution in [3.8, 4) is 5.75 Å². The van der Waals surface area contributed by atoms with Gasteiger partial charge in [0.15, 0.2) is 0 Å². The van der Waals surface area contributed by atoms with E-state index in [1.165, 1.54) is 0 Å². The molecule has 22 heavy (non-hydrogen) atoms. The normalized spacial score (nSPS) is 13.5. The van der Waals surface area contributed by atoms with Crippen LogP contribution in [0.1, 0.15) is 47.8 Å². The molecule has 0 aliphatic heterocycles. The van der Waals surface area contributed by atoms with Crippen molar-refractivity contribution in [1.82, 2.24) is 5.16 Å². The summed E-state index contributed by atoms with van der Waals surface area (Å²) in [7, 11) is 0. The maximum atomic E-state index is 12.4. The minimum atomic E-state index is -0.202. The lowest BCUT2D eigenvalue weighted by Crippen LogP contribution is -2.13. The summed E-state index contributed by atoms with van der Waals surface area (Å²) in [6.07, 6.45) is 5.00. The molecule has 1 aromatic heterocycles. The van der Waals surface area contributed by atoms with E-state index in [9.17, 15) is 4.79 Å². The Bertz CT molecular complexity index is 664. The summed E-state index contributed by atoms with van der Waals surface area (Å²) in [4.78, 5) is 12.4. The predicted octanol–water partition coefficient (Wildman–Crippen LogP) is 3.59. The molecule has 0 spiro atoms. The smallest absolute Gasteiger partial charge is 0.258 e. The summed E-state index contributed by atoms with van der Waals surface area (Å²) in [6.45, 7) is 2.68. The van der Waals surface area contributed by atoms with Crippen molar-refractivity contribution < 1.29 is 14.1 Å². The topological polar surface area (TPSA) is 64.4 Å². The van der Waals surface area contributed by atoms with E-state index in [1.54, 1.807) is 12.1 Å². The Balaban J connectivity index is 1.73. The van der Waals surface area contributed by atoms with Crippen molar-refractivity contribution in [2.75, 3.05) is 11.9 Å². The van der Waals surface area contributed by atoms with Crippen molar-refractivity contribution in [2.24, 2.45) is 0 Å². The molecule has 1 aromatic carbocycles. The number of aromatic nitrogens is 1. The zero-order valence-electron chi connectivity index (χ0n) is 12.7. The van der Waals surface area contributed by atoms with Crippen LogP contribution in [0.25, 0.3) is 0 Å². The minimum Gasteiger partial charge on any atom is -0.494 e. The molecule has 0 atom stereocenters. The van der Waals surface area contributed by atoms with Gasteiger partial charge in [-0.25, -0.2) is 0 Å². The van der Waals surface area contributed by atoms with Crippen LogP contribution in [0.2, 0.25) is 0 Å². The highest BCUT2D eigenvalue weighted by Gasteiger charge is 2.21. The maximum absolute atomic E-state index is 12.4. The second-order valence-electron chi connectivity index (χ2n) is 5.47. The van der Waals surface area contributed by atoms with Gasteiger partial charge in [-0.2, -0.15) is 0 Å². The van der Waals surface area contributed by atoms with Gasteiger partial charge in [0.05, 0.1) is 12.3 Å². The molecule has 0 fully saturated rings. The number of carbonyl (C=O) groups excluding carboxylic acids is 1. The molecular weight excluding hydrogens is 280 g/mol. The van der Waals surface area contributed by atoms with E-state index in [-0.39, 0.29) is 5.91 Å². The Kier molecular flexibility index (Phi) is 4.42. The van der Waals surface area contributed by atoms with Crippen LogP contribution < -0.4 is 10.1 Å². The number of benzene rings is 1. The van der Waals surface area contributed by atoms with Crippen LogP contribution >= 0.6 is 0 Å². The quantitative estimate of drug-likeness (QED) is 0.916. The van der Waals surface area contributed by atoms with Gasteiger partial charge in [-0.05, 0) is 50.3 Å². The van der Waals surface area contributed by atoms with Crippen molar-refractivity contribution in [3.63, 3.8) is 0 Å². The monoisotopic (exact) mass is 300 g/mol. The Hall–Kier alpha value is -2.30. The highest BCUT2D eigenvalue weighted by molar-refractivity contribution is 6.04. The van der Waals surface area contributed by atoms with Gasteiger partial charge in [-0.3, -0.25) is 10.1 Å². The summed E-state index contributed by atoms with van der Waals surface area (Å²) in [6, 6.07) is 7.17. The first kappa shape index (κ1) is 14.6. The molecule has 1 heterocycles. The van der Waals surface area contributed by atoms with Gasteiger partial charge < -0.3 is 9.26 Å². The summed E-state index contributed by atoms with van der Waals surface area (Å²) >= 11 is 0. The zero-order valence-corrected chi connectivity index (χ0v) is 12.7. The average molecular weight is 300 g/mol. The number of amides is 1. The lowest BCUT2D eigenvalue weighted by atomic mass is 9.97. The molecule has 0 unspecified atom stereocenters. The summed E-state index contributed by atoms with van der Waals surface area (Å²) < 4.78 is 10.8. The molecular formula is C17H20N2O3. The summed E-state index contributed by atoms with van der Waals surface area (Å²) in [5.41, 5.74) is 2.56. The lowest BCUT2D eigenvalue weighted by molar-refractivity contribution is 0.102. The van der Waals surface area contributed by atoms with E-state index in [4.69, 9.17) is 9.26 Å². The van der Waals surface area contributed by atoms with E-state index in [0.29, 0.717) is 23.8 Å². The molecule has 2 aromatic rings. The summed E-state index contributed by atoms with van der Waals surface area (Å²) in [5.74, 6) is 0.986. The van der Waals surface area contributed by atoms with E-state index in [1.807, 2.05) is 19.1 Å². The van der Waals surface area contributed by atoms with Crippen LogP contribution in [0, 0.1) is 0 Å². The number of fused-ring (bicyclic) bond motifs is 1. The third-order valence-electron chi connectivity index (χ3n) is 3.76. The highest BCUT2D eigenvalue weighted by atomic mass is 16.5. The number of carbonyl (C=O) groups is 1. The zero-order chi connectivity index (χ0) is 15.4. The molecule has 1 amide bonds. The predicted molar refractivity (Wildman–Crippen MR) is 83.3 cm³/mol. The van der Waals surface area contributed by atoms with Crippen LogP contribution in [-0.4, -0.2) is 17.7 Å². The largest absolute Gasteiger partial charge is 0.494 e. The molecule has 116 valence electrons. The number of ether oxygens (including phenoxy) is 1. The number of nitrogens with one attached hydrogen (secondary N) is 1. The van der Waals surface area contributed by atoms with Crippen LogP contribution in [0.4, 0.5) is 5.88 Å².